The first-order valence-corrected chi connectivity index (χ1v) is 7.55. The summed E-state index contributed by atoms with van der Waals surface area (Å²) in [5.41, 5.74) is 1.75. The molecule has 136 valence electrons. The van der Waals surface area contributed by atoms with Crippen molar-refractivity contribution in [1.29, 1.82) is 0 Å². The number of carbonyl (C=O) groups excluding carboxylic acids is 2. The molecule has 0 bridgehead atoms. The van der Waals surface area contributed by atoms with Gasteiger partial charge >= 0.3 is 18.6 Å². The van der Waals surface area contributed by atoms with Gasteiger partial charge in [0.2, 0.25) is 0 Å². The van der Waals surface area contributed by atoms with Crippen LogP contribution < -0.4 is 4.74 Å². The summed E-state index contributed by atoms with van der Waals surface area (Å²) < 4.78 is 38.0. The van der Waals surface area contributed by atoms with Crippen molar-refractivity contribution in [3.8, 4) is 5.75 Å². The van der Waals surface area contributed by atoms with Crippen LogP contribution in [0.25, 0.3) is 6.08 Å². The second-order valence-corrected chi connectivity index (χ2v) is 5.08. The lowest BCUT2D eigenvalue weighted by atomic mass is 10.1. The lowest BCUT2D eigenvalue weighted by molar-refractivity contribution is -0.138. The van der Waals surface area contributed by atoms with Crippen LogP contribution in [0.3, 0.4) is 0 Å². The first-order chi connectivity index (χ1) is 12.5. The number of ether oxygens (including phenoxy) is 3. The first kappa shape index (κ1) is 19.1. The van der Waals surface area contributed by atoms with Crippen LogP contribution in [0.2, 0.25) is 0 Å². The maximum atomic E-state index is 12.1. The Morgan fingerprint density at radius 1 is 1.04 bits per heavy atom. The van der Waals surface area contributed by atoms with Crippen LogP contribution in [0.1, 0.15) is 21.5 Å². The van der Waals surface area contributed by atoms with Crippen LogP contribution in [0.5, 0.6) is 5.75 Å². The van der Waals surface area contributed by atoms with Gasteiger partial charge in [-0.05, 0) is 41.5 Å². The SMILES string of the molecule is COC(=O)c1ccc(COC(=O)/C=C/c2ccc(OC(F)F)cc2)cc1. The summed E-state index contributed by atoms with van der Waals surface area (Å²) in [6.07, 6.45) is 2.72. The number of rotatable bonds is 7. The number of methoxy groups -OCH3 is 1. The Labute approximate surface area is 148 Å². The largest absolute Gasteiger partial charge is 0.465 e. The van der Waals surface area contributed by atoms with Gasteiger partial charge in [0.05, 0.1) is 12.7 Å². The fourth-order valence-electron chi connectivity index (χ4n) is 1.98. The normalized spacial score (nSPS) is 10.8. The van der Waals surface area contributed by atoms with Crippen LogP contribution in [-0.4, -0.2) is 25.7 Å². The lowest BCUT2D eigenvalue weighted by Crippen LogP contribution is -2.03. The van der Waals surface area contributed by atoms with Gasteiger partial charge in [-0.15, -0.1) is 0 Å². The summed E-state index contributed by atoms with van der Waals surface area (Å²) >= 11 is 0. The molecule has 0 unspecified atom stereocenters. The molecule has 0 spiro atoms. The summed E-state index contributed by atoms with van der Waals surface area (Å²) in [6, 6.07) is 12.3. The van der Waals surface area contributed by atoms with E-state index in [-0.39, 0.29) is 12.4 Å². The molecule has 0 heterocycles. The summed E-state index contributed by atoms with van der Waals surface area (Å²) in [5, 5.41) is 0. The van der Waals surface area contributed by atoms with Crippen LogP contribution in [0.15, 0.2) is 54.6 Å². The van der Waals surface area contributed by atoms with Crippen LogP contribution in [0, 0.1) is 0 Å². The average Bonchev–Trinajstić information content (AvgIpc) is 2.65. The Balaban J connectivity index is 1.84. The van der Waals surface area contributed by atoms with Crippen molar-refractivity contribution in [2.45, 2.75) is 13.2 Å². The van der Waals surface area contributed by atoms with Crippen molar-refractivity contribution >= 4 is 18.0 Å². The van der Waals surface area contributed by atoms with E-state index in [9.17, 15) is 18.4 Å². The molecule has 7 heteroatoms. The Kier molecular flexibility index (Phi) is 6.84. The number of carbonyl (C=O) groups is 2. The van der Waals surface area contributed by atoms with E-state index in [1.807, 2.05) is 0 Å². The molecular formula is C19H16F2O5. The molecule has 0 amide bonds. The number of hydrogen-bond donors (Lipinski definition) is 0. The Morgan fingerprint density at radius 2 is 1.69 bits per heavy atom. The van der Waals surface area contributed by atoms with E-state index in [1.54, 1.807) is 24.3 Å². The van der Waals surface area contributed by atoms with E-state index < -0.39 is 18.6 Å². The van der Waals surface area contributed by atoms with E-state index in [4.69, 9.17) is 4.74 Å². The van der Waals surface area contributed by atoms with Crippen LogP contribution in [0.4, 0.5) is 8.78 Å². The fourth-order valence-corrected chi connectivity index (χ4v) is 1.98. The van der Waals surface area contributed by atoms with Gasteiger partial charge < -0.3 is 14.2 Å². The number of benzene rings is 2. The standard InChI is InChI=1S/C19H16F2O5/c1-24-18(23)15-7-2-14(3-8-15)12-25-17(22)11-6-13-4-9-16(10-5-13)26-19(20)21/h2-11,19H,12H2,1H3/b11-6+. The van der Waals surface area contributed by atoms with E-state index in [2.05, 4.69) is 9.47 Å². The lowest BCUT2D eigenvalue weighted by Gasteiger charge is -2.04. The number of halogens is 2. The van der Waals surface area contributed by atoms with Gasteiger partial charge in [-0.2, -0.15) is 8.78 Å². The third kappa shape index (κ3) is 6.01. The Morgan fingerprint density at radius 3 is 2.27 bits per heavy atom. The molecule has 0 radical (unpaired) electrons. The molecule has 0 aliphatic carbocycles. The maximum Gasteiger partial charge on any atom is 0.387 e. The molecule has 26 heavy (non-hydrogen) atoms. The molecule has 0 aromatic heterocycles. The molecule has 0 fully saturated rings. The first-order valence-electron chi connectivity index (χ1n) is 7.55. The fraction of sp³-hybridized carbons (Fsp3) is 0.158. The highest BCUT2D eigenvalue weighted by Gasteiger charge is 2.06. The molecule has 2 aromatic rings. The second kappa shape index (κ2) is 9.31. The molecule has 0 saturated heterocycles. The van der Waals surface area contributed by atoms with Crippen molar-refractivity contribution in [1.82, 2.24) is 0 Å². The minimum absolute atomic E-state index is 0.0372. The zero-order valence-corrected chi connectivity index (χ0v) is 13.9. The quantitative estimate of drug-likeness (QED) is 0.553. The molecule has 0 aliphatic rings. The van der Waals surface area contributed by atoms with Gasteiger partial charge in [-0.1, -0.05) is 24.3 Å². The van der Waals surface area contributed by atoms with E-state index >= 15 is 0 Å². The highest BCUT2D eigenvalue weighted by Crippen LogP contribution is 2.15. The van der Waals surface area contributed by atoms with Gasteiger partial charge in [0, 0.05) is 6.08 Å². The molecular weight excluding hydrogens is 346 g/mol. The predicted molar refractivity (Wildman–Crippen MR) is 89.7 cm³/mol. The third-order valence-electron chi connectivity index (χ3n) is 3.27. The highest BCUT2D eigenvalue weighted by molar-refractivity contribution is 5.89. The van der Waals surface area contributed by atoms with Crippen molar-refractivity contribution in [3.05, 3.63) is 71.3 Å². The molecule has 0 aliphatic heterocycles. The summed E-state index contributed by atoms with van der Waals surface area (Å²) in [7, 11) is 1.30. The highest BCUT2D eigenvalue weighted by atomic mass is 19.3. The molecule has 0 saturated carbocycles. The van der Waals surface area contributed by atoms with Crippen molar-refractivity contribution < 1.29 is 32.6 Å². The van der Waals surface area contributed by atoms with Gasteiger partial charge in [0.1, 0.15) is 12.4 Å². The number of alkyl halides is 2. The van der Waals surface area contributed by atoms with Crippen molar-refractivity contribution in [2.75, 3.05) is 7.11 Å². The minimum Gasteiger partial charge on any atom is -0.465 e. The number of esters is 2. The second-order valence-electron chi connectivity index (χ2n) is 5.08. The molecule has 2 aromatic carbocycles. The number of hydrogen-bond acceptors (Lipinski definition) is 5. The molecule has 5 nitrogen and oxygen atoms in total. The summed E-state index contributed by atoms with van der Waals surface area (Å²) in [4.78, 5) is 23.0. The maximum absolute atomic E-state index is 12.1. The van der Waals surface area contributed by atoms with Gasteiger partial charge in [-0.3, -0.25) is 0 Å². The topological polar surface area (TPSA) is 61.8 Å². The molecule has 2 rings (SSSR count). The van der Waals surface area contributed by atoms with Crippen molar-refractivity contribution in [2.24, 2.45) is 0 Å². The Hall–Kier alpha value is -3.22. The average molecular weight is 362 g/mol. The van der Waals surface area contributed by atoms with Crippen molar-refractivity contribution in [3.63, 3.8) is 0 Å². The van der Waals surface area contributed by atoms with Crippen LogP contribution >= 0.6 is 0 Å². The zero-order valence-electron chi connectivity index (χ0n) is 13.9. The summed E-state index contributed by atoms with van der Waals surface area (Å²) in [6.45, 7) is -2.83. The minimum atomic E-state index is -2.88. The summed E-state index contributed by atoms with van der Waals surface area (Å²) in [5.74, 6) is -0.966. The third-order valence-corrected chi connectivity index (χ3v) is 3.27. The van der Waals surface area contributed by atoms with E-state index in [1.165, 1.54) is 43.5 Å². The van der Waals surface area contributed by atoms with Gasteiger partial charge in [-0.25, -0.2) is 9.59 Å². The Bertz CT molecular complexity index is 768. The molecule has 0 atom stereocenters. The van der Waals surface area contributed by atoms with Gasteiger partial charge in [0.15, 0.2) is 0 Å². The predicted octanol–water partition coefficient (Wildman–Crippen LogP) is 3.83. The monoisotopic (exact) mass is 362 g/mol. The van der Waals surface area contributed by atoms with Crippen LogP contribution in [-0.2, 0) is 20.9 Å². The van der Waals surface area contributed by atoms with E-state index in [0.29, 0.717) is 16.7 Å². The zero-order chi connectivity index (χ0) is 18.9. The van der Waals surface area contributed by atoms with E-state index in [0.717, 1.165) is 0 Å². The smallest absolute Gasteiger partial charge is 0.387 e. The van der Waals surface area contributed by atoms with Gasteiger partial charge in [0.25, 0.3) is 0 Å². The molecule has 0 N–H and O–H groups in total.